The number of para-hydroxylation sites is 1. The summed E-state index contributed by atoms with van der Waals surface area (Å²) in [5, 5.41) is 12.7. The topological polar surface area (TPSA) is 98.4 Å². The van der Waals surface area contributed by atoms with Crippen LogP contribution in [0, 0.1) is 6.92 Å². The highest BCUT2D eigenvalue weighted by atomic mass is 16.2. The molecule has 1 saturated heterocycles. The molecule has 1 fully saturated rings. The number of aromatic nitrogens is 1. The first kappa shape index (κ1) is 23.5. The molecule has 4 N–H and O–H groups in total. The van der Waals surface area contributed by atoms with Gasteiger partial charge in [0.2, 0.25) is 0 Å². The van der Waals surface area contributed by atoms with E-state index < -0.39 is 0 Å². The van der Waals surface area contributed by atoms with Crippen LogP contribution in [-0.4, -0.2) is 54.2 Å². The Morgan fingerprint density at radius 2 is 1.85 bits per heavy atom. The van der Waals surface area contributed by atoms with Crippen molar-refractivity contribution in [1.82, 2.24) is 20.5 Å². The minimum Gasteiger partial charge on any atom is -0.337 e. The SMILES string of the molecule is CCc1ccc(NC(=O)NC2CCN(CCNC(=O)Nc3cc(C)nc4ccccc34)C2)cc1. The Hall–Kier alpha value is -3.65. The van der Waals surface area contributed by atoms with E-state index in [1.54, 1.807) is 0 Å². The average molecular weight is 461 g/mol. The van der Waals surface area contributed by atoms with Crippen LogP contribution in [0.15, 0.2) is 54.6 Å². The molecule has 4 rings (SSSR count). The number of aryl methyl sites for hydroxylation is 2. The summed E-state index contributed by atoms with van der Waals surface area (Å²) in [5.41, 5.74) is 4.49. The summed E-state index contributed by atoms with van der Waals surface area (Å²) < 4.78 is 0. The van der Waals surface area contributed by atoms with Gasteiger partial charge in [0.15, 0.2) is 0 Å². The number of benzene rings is 2. The van der Waals surface area contributed by atoms with Crippen LogP contribution in [0.25, 0.3) is 10.9 Å². The predicted octanol–water partition coefficient (Wildman–Crippen LogP) is 4.12. The Morgan fingerprint density at radius 3 is 2.65 bits per heavy atom. The van der Waals surface area contributed by atoms with Crippen molar-refractivity contribution in [2.45, 2.75) is 32.7 Å². The number of likely N-dealkylation sites (tertiary alicyclic amines) is 1. The number of carbonyl (C=O) groups is 2. The number of carbonyl (C=O) groups excluding carboxylic acids is 2. The van der Waals surface area contributed by atoms with E-state index in [1.165, 1.54) is 5.56 Å². The molecule has 2 aromatic carbocycles. The van der Waals surface area contributed by atoms with Crippen LogP contribution in [0.2, 0.25) is 0 Å². The third-order valence-electron chi connectivity index (χ3n) is 6.03. The van der Waals surface area contributed by atoms with Gasteiger partial charge in [-0.05, 0) is 49.6 Å². The number of rotatable bonds is 7. The molecule has 3 aromatic rings. The molecule has 8 heteroatoms. The van der Waals surface area contributed by atoms with Crippen LogP contribution in [0.4, 0.5) is 21.0 Å². The van der Waals surface area contributed by atoms with Crippen molar-refractivity contribution >= 4 is 34.3 Å². The van der Waals surface area contributed by atoms with E-state index in [0.717, 1.165) is 60.4 Å². The zero-order valence-electron chi connectivity index (χ0n) is 19.7. The lowest BCUT2D eigenvalue weighted by molar-refractivity contribution is 0.247. The largest absolute Gasteiger partial charge is 0.337 e. The van der Waals surface area contributed by atoms with Gasteiger partial charge in [0.25, 0.3) is 0 Å². The summed E-state index contributed by atoms with van der Waals surface area (Å²) in [6.45, 7) is 6.91. The van der Waals surface area contributed by atoms with Crippen molar-refractivity contribution in [1.29, 1.82) is 0 Å². The fourth-order valence-corrected chi connectivity index (χ4v) is 4.24. The van der Waals surface area contributed by atoms with Gasteiger partial charge in [-0.3, -0.25) is 9.88 Å². The normalized spacial score (nSPS) is 15.8. The van der Waals surface area contributed by atoms with Gasteiger partial charge in [-0.25, -0.2) is 9.59 Å². The molecule has 1 aromatic heterocycles. The second-order valence-corrected chi connectivity index (χ2v) is 8.64. The standard InChI is InChI=1S/C26H32N6O2/c1-3-19-8-10-20(11-9-19)29-26(34)30-21-12-14-32(17-21)15-13-27-25(33)31-24-16-18(2)28-23-7-5-4-6-22(23)24/h4-11,16,21H,3,12-15,17H2,1-2H3,(H2,29,30,34)(H2,27,28,31,33). The van der Waals surface area contributed by atoms with Gasteiger partial charge < -0.3 is 21.3 Å². The lowest BCUT2D eigenvalue weighted by atomic mass is 10.1. The molecule has 0 bridgehead atoms. The average Bonchev–Trinajstić information content (AvgIpc) is 3.26. The molecule has 0 spiro atoms. The number of nitrogens with one attached hydrogen (secondary N) is 4. The first-order valence-corrected chi connectivity index (χ1v) is 11.8. The highest BCUT2D eigenvalue weighted by molar-refractivity contribution is 6.00. The molecular formula is C26H32N6O2. The Morgan fingerprint density at radius 1 is 1.06 bits per heavy atom. The fraction of sp³-hybridized carbons (Fsp3) is 0.346. The number of nitrogens with zero attached hydrogens (tertiary/aromatic N) is 2. The zero-order chi connectivity index (χ0) is 23.9. The van der Waals surface area contributed by atoms with E-state index >= 15 is 0 Å². The lowest BCUT2D eigenvalue weighted by Gasteiger charge is -2.17. The quantitative estimate of drug-likeness (QED) is 0.426. The zero-order valence-corrected chi connectivity index (χ0v) is 19.7. The molecule has 0 saturated carbocycles. The minimum absolute atomic E-state index is 0.0925. The van der Waals surface area contributed by atoms with Crippen LogP contribution in [-0.2, 0) is 6.42 Å². The Kier molecular flexibility index (Phi) is 7.59. The van der Waals surface area contributed by atoms with Crippen molar-refractivity contribution in [2.24, 2.45) is 0 Å². The molecule has 2 heterocycles. The summed E-state index contributed by atoms with van der Waals surface area (Å²) in [5.74, 6) is 0. The number of pyridine rings is 1. The molecule has 1 aliphatic heterocycles. The Balaban J connectivity index is 1.18. The smallest absolute Gasteiger partial charge is 0.319 e. The van der Waals surface area contributed by atoms with E-state index in [2.05, 4.69) is 38.1 Å². The molecule has 178 valence electrons. The van der Waals surface area contributed by atoms with Gasteiger partial charge in [-0.15, -0.1) is 0 Å². The van der Waals surface area contributed by atoms with Gasteiger partial charge in [0.05, 0.1) is 11.2 Å². The highest BCUT2D eigenvalue weighted by Gasteiger charge is 2.23. The van der Waals surface area contributed by atoms with Gasteiger partial charge in [-0.1, -0.05) is 37.3 Å². The monoisotopic (exact) mass is 460 g/mol. The number of amides is 4. The summed E-state index contributed by atoms with van der Waals surface area (Å²) >= 11 is 0. The van der Waals surface area contributed by atoms with Crippen molar-refractivity contribution in [2.75, 3.05) is 36.8 Å². The minimum atomic E-state index is -0.238. The molecule has 1 unspecified atom stereocenters. The van der Waals surface area contributed by atoms with Crippen LogP contribution < -0.4 is 21.3 Å². The first-order chi connectivity index (χ1) is 16.5. The van der Waals surface area contributed by atoms with E-state index in [1.807, 2.05) is 61.5 Å². The van der Waals surface area contributed by atoms with Crippen molar-refractivity contribution in [3.63, 3.8) is 0 Å². The molecule has 4 amide bonds. The third kappa shape index (κ3) is 6.23. The Bertz CT molecular complexity index is 1150. The maximum absolute atomic E-state index is 12.4. The molecule has 0 radical (unpaired) electrons. The molecule has 34 heavy (non-hydrogen) atoms. The second kappa shape index (κ2) is 11.0. The highest BCUT2D eigenvalue weighted by Crippen LogP contribution is 2.22. The lowest BCUT2D eigenvalue weighted by Crippen LogP contribution is -2.41. The number of anilines is 2. The fourth-order valence-electron chi connectivity index (χ4n) is 4.24. The van der Waals surface area contributed by atoms with Crippen molar-refractivity contribution in [3.8, 4) is 0 Å². The summed E-state index contributed by atoms with van der Waals surface area (Å²) in [4.78, 5) is 31.5. The Labute approximate surface area is 200 Å². The van der Waals surface area contributed by atoms with E-state index in [-0.39, 0.29) is 18.1 Å². The summed E-state index contributed by atoms with van der Waals surface area (Å²) in [6, 6.07) is 17.2. The van der Waals surface area contributed by atoms with Crippen LogP contribution in [0.1, 0.15) is 24.6 Å². The third-order valence-corrected chi connectivity index (χ3v) is 6.03. The number of urea groups is 2. The van der Waals surface area contributed by atoms with Crippen molar-refractivity contribution < 1.29 is 9.59 Å². The van der Waals surface area contributed by atoms with Crippen molar-refractivity contribution in [3.05, 3.63) is 65.9 Å². The summed E-state index contributed by atoms with van der Waals surface area (Å²) in [7, 11) is 0. The second-order valence-electron chi connectivity index (χ2n) is 8.64. The van der Waals surface area contributed by atoms with E-state index in [4.69, 9.17) is 0 Å². The molecule has 1 aliphatic rings. The molecule has 1 atom stereocenters. The number of hydrogen-bond donors (Lipinski definition) is 4. The molecule has 0 aliphatic carbocycles. The van der Waals surface area contributed by atoms with Crippen LogP contribution >= 0.6 is 0 Å². The maximum atomic E-state index is 12.4. The van der Waals surface area contributed by atoms with E-state index in [9.17, 15) is 9.59 Å². The van der Waals surface area contributed by atoms with Crippen LogP contribution in [0.5, 0.6) is 0 Å². The first-order valence-electron chi connectivity index (χ1n) is 11.8. The number of hydrogen-bond acceptors (Lipinski definition) is 4. The summed E-state index contributed by atoms with van der Waals surface area (Å²) in [6.07, 6.45) is 1.86. The molecule has 8 nitrogen and oxygen atoms in total. The van der Waals surface area contributed by atoms with Crippen LogP contribution in [0.3, 0.4) is 0 Å². The molecular weight excluding hydrogens is 428 g/mol. The number of fused-ring (bicyclic) bond motifs is 1. The van der Waals surface area contributed by atoms with Gasteiger partial charge in [0.1, 0.15) is 0 Å². The van der Waals surface area contributed by atoms with Gasteiger partial charge in [-0.2, -0.15) is 0 Å². The van der Waals surface area contributed by atoms with E-state index in [0.29, 0.717) is 6.54 Å². The van der Waals surface area contributed by atoms with Gasteiger partial charge >= 0.3 is 12.1 Å². The predicted molar refractivity (Wildman–Crippen MR) is 136 cm³/mol. The van der Waals surface area contributed by atoms with Gasteiger partial charge in [0, 0.05) is 49.0 Å². The maximum Gasteiger partial charge on any atom is 0.319 e.